The SMILES string of the molecule is CN(C)C(=O)c1ccc(N2CCC(CCCCC(=O)OCc3ccccc3)CC2)cc1Cl. The molecule has 6 heteroatoms. The van der Waals surface area contributed by atoms with Crippen molar-refractivity contribution in [1.29, 1.82) is 0 Å². The van der Waals surface area contributed by atoms with Crippen molar-refractivity contribution in [2.24, 2.45) is 5.92 Å². The van der Waals surface area contributed by atoms with Gasteiger partial charge in [0.1, 0.15) is 6.61 Å². The summed E-state index contributed by atoms with van der Waals surface area (Å²) in [4.78, 5) is 28.0. The zero-order valence-electron chi connectivity index (χ0n) is 19.1. The molecule has 0 unspecified atom stereocenters. The van der Waals surface area contributed by atoms with Crippen LogP contribution in [0.3, 0.4) is 0 Å². The van der Waals surface area contributed by atoms with Gasteiger partial charge in [-0.15, -0.1) is 0 Å². The number of nitrogens with zero attached hydrogens (tertiary/aromatic N) is 2. The van der Waals surface area contributed by atoms with Crippen LogP contribution < -0.4 is 4.90 Å². The van der Waals surface area contributed by atoms with E-state index in [1.807, 2.05) is 48.5 Å². The van der Waals surface area contributed by atoms with Crippen LogP contribution in [-0.4, -0.2) is 44.0 Å². The summed E-state index contributed by atoms with van der Waals surface area (Å²) in [6.45, 7) is 2.33. The van der Waals surface area contributed by atoms with E-state index in [9.17, 15) is 9.59 Å². The molecule has 0 radical (unpaired) electrons. The van der Waals surface area contributed by atoms with Crippen LogP contribution in [0.15, 0.2) is 48.5 Å². The highest BCUT2D eigenvalue weighted by molar-refractivity contribution is 6.34. The molecule has 1 aliphatic heterocycles. The fraction of sp³-hybridized carbons (Fsp3) is 0.462. The quantitative estimate of drug-likeness (QED) is 0.366. The molecule has 5 nitrogen and oxygen atoms in total. The number of anilines is 1. The molecule has 0 aromatic heterocycles. The molecule has 0 spiro atoms. The maximum absolute atomic E-state index is 12.2. The van der Waals surface area contributed by atoms with Gasteiger partial charge in [0.05, 0.1) is 10.6 Å². The number of carbonyl (C=O) groups excluding carboxylic acids is 2. The van der Waals surface area contributed by atoms with Crippen LogP contribution >= 0.6 is 11.6 Å². The second kappa shape index (κ2) is 11.9. The van der Waals surface area contributed by atoms with E-state index in [0.29, 0.717) is 29.5 Å². The van der Waals surface area contributed by atoms with E-state index in [2.05, 4.69) is 4.90 Å². The number of rotatable bonds is 9. The molecular formula is C26H33ClN2O3. The zero-order valence-corrected chi connectivity index (χ0v) is 19.8. The van der Waals surface area contributed by atoms with Crippen LogP contribution in [0.1, 0.15) is 54.4 Å². The van der Waals surface area contributed by atoms with E-state index in [-0.39, 0.29) is 11.9 Å². The first-order valence-corrected chi connectivity index (χ1v) is 11.8. The Morgan fingerprint density at radius 1 is 1.06 bits per heavy atom. The standard InChI is InChI=1S/C26H33ClN2O3/c1-28(2)26(31)23-13-12-22(18-24(23)27)29-16-14-20(15-17-29)8-6-7-11-25(30)32-19-21-9-4-3-5-10-21/h3-5,9-10,12-13,18,20H,6-8,11,14-17,19H2,1-2H3. The van der Waals surface area contributed by atoms with Crippen molar-refractivity contribution in [3.63, 3.8) is 0 Å². The number of amides is 1. The normalized spacial score (nSPS) is 14.3. The summed E-state index contributed by atoms with van der Waals surface area (Å²) in [5, 5.41) is 0.502. The number of halogens is 1. The third-order valence-corrected chi connectivity index (χ3v) is 6.37. The number of esters is 1. The molecule has 0 bridgehead atoms. The fourth-order valence-electron chi connectivity index (χ4n) is 4.11. The van der Waals surface area contributed by atoms with Gasteiger partial charge < -0.3 is 14.5 Å². The molecule has 1 saturated heterocycles. The Hall–Kier alpha value is -2.53. The molecule has 2 aromatic carbocycles. The Balaban J connectivity index is 1.34. The molecular weight excluding hydrogens is 424 g/mol. The highest BCUT2D eigenvalue weighted by Crippen LogP contribution is 2.30. The topological polar surface area (TPSA) is 49.9 Å². The summed E-state index contributed by atoms with van der Waals surface area (Å²) in [5.41, 5.74) is 2.63. The van der Waals surface area contributed by atoms with Gasteiger partial charge in [0.15, 0.2) is 0 Å². The summed E-state index contributed by atoms with van der Waals surface area (Å²) in [6.07, 6.45) is 5.84. The molecule has 0 aliphatic carbocycles. The Morgan fingerprint density at radius 3 is 2.44 bits per heavy atom. The van der Waals surface area contributed by atoms with Crippen LogP contribution in [-0.2, 0) is 16.1 Å². The summed E-state index contributed by atoms with van der Waals surface area (Å²) in [7, 11) is 3.45. The first kappa shape index (κ1) is 24.1. The molecule has 1 amide bonds. The zero-order chi connectivity index (χ0) is 22.9. The highest BCUT2D eigenvalue weighted by Gasteiger charge is 2.21. The van der Waals surface area contributed by atoms with E-state index in [1.165, 1.54) is 4.90 Å². The smallest absolute Gasteiger partial charge is 0.306 e. The van der Waals surface area contributed by atoms with Crippen LogP contribution in [0.4, 0.5) is 5.69 Å². The molecule has 0 saturated carbocycles. The second-order valence-corrected chi connectivity index (χ2v) is 9.09. The summed E-state index contributed by atoms with van der Waals surface area (Å²) in [6, 6.07) is 15.5. The lowest BCUT2D eigenvalue weighted by Crippen LogP contribution is -2.33. The number of hydrogen-bond donors (Lipinski definition) is 0. The van der Waals surface area contributed by atoms with Crippen LogP contribution in [0.2, 0.25) is 5.02 Å². The maximum Gasteiger partial charge on any atom is 0.306 e. The van der Waals surface area contributed by atoms with E-state index in [0.717, 1.165) is 56.4 Å². The van der Waals surface area contributed by atoms with Gasteiger partial charge >= 0.3 is 5.97 Å². The van der Waals surface area contributed by atoms with Gasteiger partial charge in [-0.25, -0.2) is 0 Å². The first-order valence-electron chi connectivity index (χ1n) is 11.4. The molecule has 172 valence electrons. The van der Waals surface area contributed by atoms with Gasteiger partial charge in [-0.3, -0.25) is 9.59 Å². The van der Waals surface area contributed by atoms with Crippen molar-refractivity contribution in [3.8, 4) is 0 Å². The number of unbranched alkanes of at least 4 members (excludes halogenated alkanes) is 1. The summed E-state index contributed by atoms with van der Waals surface area (Å²) >= 11 is 6.37. The predicted molar refractivity (Wildman–Crippen MR) is 129 cm³/mol. The van der Waals surface area contributed by atoms with Crippen molar-refractivity contribution in [2.45, 2.75) is 45.1 Å². The highest BCUT2D eigenvalue weighted by atomic mass is 35.5. The molecule has 2 aromatic rings. The lowest BCUT2D eigenvalue weighted by molar-refractivity contribution is -0.145. The molecule has 3 rings (SSSR count). The third kappa shape index (κ3) is 6.99. The molecule has 1 heterocycles. The average molecular weight is 457 g/mol. The monoisotopic (exact) mass is 456 g/mol. The summed E-state index contributed by atoms with van der Waals surface area (Å²) in [5.74, 6) is 0.498. The van der Waals surface area contributed by atoms with E-state index >= 15 is 0 Å². The minimum absolute atomic E-state index is 0.0794. The second-order valence-electron chi connectivity index (χ2n) is 8.69. The first-order chi connectivity index (χ1) is 15.4. The largest absolute Gasteiger partial charge is 0.461 e. The Labute approximate surface area is 196 Å². The van der Waals surface area contributed by atoms with Crippen LogP contribution in [0, 0.1) is 5.92 Å². The van der Waals surface area contributed by atoms with Crippen molar-refractivity contribution in [2.75, 3.05) is 32.1 Å². The van der Waals surface area contributed by atoms with Crippen LogP contribution in [0.25, 0.3) is 0 Å². The van der Waals surface area contributed by atoms with Gasteiger partial charge in [0.25, 0.3) is 5.91 Å². The molecule has 1 aliphatic rings. The lowest BCUT2D eigenvalue weighted by atomic mass is 9.91. The van der Waals surface area contributed by atoms with E-state index < -0.39 is 0 Å². The number of piperidine rings is 1. The lowest BCUT2D eigenvalue weighted by Gasteiger charge is -2.34. The van der Waals surface area contributed by atoms with Gasteiger partial charge in [-0.1, -0.05) is 54.8 Å². The Bertz CT molecular complexity index is 893. The number of benzene rings is 2. The van der Waals surface area contributed by atoms with E-state index in [4.69, 9.17) is 16.3 Å². The average Bonchev–Trinajstić information content (AvgIpc) is 2.81. The minimum Gasteiger partial charge on any atom is -0.461 e. The van der Waals surface area contributed by atoms with Gasteiger partial charge in [0.2, 0.25) is 0 Å². The predicted octanol–water partition coefficient (Wildman–Crippen LogP) is 5.56. The van der Waals surface area contributed by atoms with Crippen molar-refractivity contribution >= 4 is 29.2 Å². The molecule has 32 heavy (non-hydrogen) atoms. The molecule has 0 N–H and O–H groups in total. The number of ether oxygens (including phenoxy) is 1. The fourth-order valence-corrected chi connectivity index (χ4v) is 4.36. The summed E-state index contributed by atoms with van der Waals surface area (Å²) < 4.78 is 5.35. The van der Waals surface area contributed by atoms with Crippen molar-refractivity contribution in [3.05, 3.63) is 64.7 Å². The minimum atomic E-state index is -0.114. The Kier molecular flexibility index (Phi) is 8.98. The third-order valence-electron chi connectivity index (χ3n) is 6.05. The maximum atomic E-state index is 12.2. The van der Waals surface area contributed by atoms with Crippen molar-refractivity contribution in [1.82, 2.24) is 4.90 Å². The van der Waals surface area contributed by atoms with Gasteiger partial charge in [0, 0.05) is 39.3 Å². The van der Waals surface area contributed by atoms with Crippen LogP contribution in [0.5, 0.6) is 0 Å². The van der Waals surface area contributed by atoms with Gasteiger partial charge in [-0.05, 0) is 48.9 Å². The van der Waals surface area contributed by atoms with E-state index in [1.54, 1.807) is 14.1 Å². The van der Waals surface area contributed by atoms with Crippen molar-refractivity contribution < 1.29 is 14.3 Å². The number of hydrogen-bond acceptors (Lipinski definition) is 4. The molecule has 1 fully saturated rings. The number of carbonyl (C=O) groups is 2. The van der Waals surface area contributed by atoms with Gasteiger partial charge in [-0.2, -0.15) is 0 Å². The Morgan fingerprint density at radius 2 is 1.78 bits per heavy atom. The molecule has 0 atom stereocenters.